The van der Waals surface area contributed by atoms with Gasteiger partial charge in [0.2, 0.25) is 0 Å². The van der Waals surface area contributed by atoms with E-state index in [1.54, 1.807) is 0 Å². The molecular weight excluding hydrogens is 190 g/mol. The van der Waals surface area contributed by atoms with E-state index in [9.17, 15) is 5.11 Å². The van der Waals surface area contributed by atoms with Crippen molar-refractivity contribution in [2.24, 2.45) is 5.73 Å². The summed E-state index contributed by atoms with van der Waals surface area (Å²) in [4.78, 5) is 0. The molecule has 0 fully saturated rings. The van der Waals surface area contributed by atoms with Crippen LogP contribution in [0.5, 0.6) is 5.75 Å². The molecule has 0 radical (unpaired) electrons. The van der Waals surface area contributed by atoms with Crippen LogP contribution in [-0.2, 0) is 0 Å². The van der Waals surface area contributed by atoms with Crippen molar-refractivity contribution in [1.29, 1.82) is 0 Å². The lowest BCUT2D eigenvalue weighted by atomic mass is 10.0. The predicted molar refractivity (Wildman–Crippen MR) is 61.1 cm³/mol. The molecule has 3 nitrogen and oxygen atoms in total. The van der Waals surface area contributed by atoms with Gasteiger partial charge < -0.3 is 15.6 Å². The molecule has 1 rings (SSSR count). The summed E-state index contributed by atoms with van der Waals surface area (Å²) < 4.78 is 5.52. The van der Waals surface area contributed by atoms with E-state index in [4.69, 9.17) is 10.5 Å². The fourth-order valence-electron chi connectivity index (χ4n) is 1.34. The van der Waals surface area contributed by atoms with Crippen LogP contribution in [0.15, 0.2) is 24.3 Å². The first kappa shape index (κ1) is 12.0. The lowest BCUT2D eigenvalue weighted by Gasteiger charge is -2.15. The SMILES string of the molecule is CC(C)c1ccccc1OC[C@@H](O)CN. The first-order chi connectivity index (χ1) is 7.15. The quantitative estimate of drug-likeness (QED) is 0.772. The normalized spacial score (nSPS) is 12.9. The van der Waals surface area contributed by atoms with Gasteiger partial charge in [0.05, 0.1) is 0 Å². The molecule has 0 saturated heterocycles. The highest BCUT2D eigenvalue weighted by atomic mass is 16.5. The standard InChI is InChI=1S/C12H19NO2/c1-9(2)11-5-3-4-6-12(11)15-8-10(14)7-13/h3-6,9-10,14H,7-8,13H2,1-2H3/t10-/m0/s1. The minimum Gasteiger partial charge on any atom is -0.491 e. The van der Waals surface area contributed by atoms with Crippen LogP contribution in [0.25, 0.3) is 0 Å². The summed E-state index contributed by atoms with van der Waals surface area (Å²) >= 11 is 0. The molecule has 0 heterocycles. The number of hydrogen-bond acceptors (Lipinski definition) is 3. The van der Waals surface area contributed by atoms with Crippen LogP contribution in [0.1, 0.15) is 25.3 Å². The van der Waals surface area contributed by atoms with Crippen LogP contribution in [0, 0.1) is 0 Å². The Hall–Kier alpha value is -1.06. The Balaban J connectivity index is 2.67. The van der Waals surface area contributed by atoms with Crippen LogP contribution < -0.4 is 10.5 Å². The molecule has 1 aromatic carbocycles. The Morgan fingerprint density at radius 3 is 2.60 bits per heavy atom. The average Bonchev–Trinajstić information content (AvgIpc) is 2.26. The highest BCUT2D eigenvalue weighted by Crippen LogP contribution is 2.25. The lowest BCUT2D eigenvalue weighted by Crippen LogP contribution is -2.26. The Kier molecular flexibility index (Phi) is 4.59. The van der Waals surface area contributed by atoms with E-state index in [1.807, 2.05) is 24.3 Å². The molecule has 0 aliphatic heterocycles. The number of hydrogen-bond donors (Lipinski definition) is 2. The molecule has 0 saturated carbocycles. The van der Waals surface area contributed by atoms with Gasteiger partial charge in [0.25, 0.3) is 0 Å². The summed E-state index contributed by atoms with van der Waals surface area (Å²) in [5.41, 5.74) is 6.46. The fourth-order valence-corrected chi connectivity index (χ4v) is 1.34. The minimum atomic E-state index is -0.592. The number of para-hydroxylation sites is 1. The van der Waals surface area contributed by atoms with Gasteiger partial charge in [-0.05, 0) is 17.5 Å². The molecule has 3 heteroatoms. The van der Waals surface area contributed by atoms with Crippen molar-refractivity contribution < 1.29 is 9.84 Å². The van der Waals surface area contributed by atoms with Gasteiger partial charge in [0, 0.05) is 6.54 Å². The minimum absolute atomic E-state index is 0.226. The number of rotatable bonds is 5. The Bertz CT molecular complexity index is 299. The molecule has 0 aliphatic carbocycles. The van der Waals surface area contributed by atoms with Crippen molar-refractivity contribution in [2.45, 2.75) is 25.9 Å². The van der Waals surface area contributed by atoms with Gasteiger partial charge in [-0.15, -0.1) is 0 Å². The highest BCUT2D eigenvalue weighted by molar-refractivity contribution is 5.35. The van der Waals surface area contributed by atoms with Crippen LogP contribution in [0.3, 0.4) is 0 Å². The maximum atomic E-state index is 9.30. The van der Waals surface area contributed by atoms with E-state index in [-0.39, 0.29) is 13.2 Å². The number of benzene rings is 1. The number of aliphatic hydroxyl groups is 1. The van der Waals surface area contributed by atoms with E-state index in [1.165, 1.54) is 0 Å². The molecule has 15 heavy (non-hydrogen) atoms. The van der Waals surface area contributed by atoms with Crippen LogP contribution in [0.2, 0.25) is 0 Å². The fraction of sp³-hybridized carbons (Fsp3) is 0.500. The molecule has 3 N–H and O–H groups in total. The van der Waals surface area contributed by atoms with Gasteiger partial charge >= 0.3 is 0 Å². The Morgan fingerprint density at radius 2 is 2.00 bits per heavy atom. The van der Waals surface area contributed by atoms with Gasteiger partial charge in [-0.1, -0.05) is 32.0 Å². The van der Waals surface area contributed by atoms with E-state index in [0.717, 1.165) is 11.3 Å². The molecule has 1 atom stereocenters. The zero-order valence-corrected chi connectivity index (χ0v) is 9.31. The molecule has 1 aromatic rings. The van der Waals surface area contributed by atoms with Crippen molar-refractivity contribution in [3.63, 3.8) is 0 Å². The van der Waals surface area contributed by atoms with E-state index >= 15 is 0 Å². The summed E-state index contributed by atoms with van der Waals surface area (Å²) in [6, 6.07) is 7.87. The third-order valence-corrected chi connectivity index (χ3v) is 2.24. The summed E-state index contributed by atoms with van der Waals surface area (Å²) in [6.07, 6.45) is -0.592. The van der Waals surface area contributed by atoms with E-state index in [0.29, 0.717) is 5.92 Å². The van der Waals surface area contributed by atoms with E-state index in [2.05, 4.69) is 13.8 Å². The van der Waals surface area contributed by atoms with Crippen molar-refractivity contribution in [3.8, 4) is 5.75 Å². The molecule has 0 unspecified atom stereocenters. The molecule has 0 spiro atoms. The topological polar surface area (TPSA) is 55.5 Å². The van der Waals surface area contributed by atoms with Gasteiger partial charge in [0.1, 0.15) is 18.5 Å². The summed E-state index contributed by atoms with van der Waals surface area (Å²) in [7, 11) is 0. The molecule has 0 aliphatic rings. The molecule has 0 amide bonds. The lowest BCUT2D eigenvalue weighted by molar-refractivity contribution is 0.113. The highest BCUT2D eigenvalue weighted by Gasteiger charge is 2.08. The number of aliphatic hydroxyl groups excluding tert-OH is 1. The second kappa shape index (κ2) is 5.73. The Morgan fingerprint density at radius 1 is 1.33 bits per heavy atom. The zero-order valence-electron chi connectivity index (χ0n) is 9.31. The predicted octanol–water partition coefficient (Wildman–Crippen LogP) is 1.51. The number of ether oxygens (including phenoxy) is 1. The third-order valence-electron chi connectivity index (χ3n) is 2.24. The third kappa shape index (κ3) is 3.53. The monoisotopic (exact) mass is 209 g/mol. The Labute approximate surface area is 90.9 Å². The molecular formula is C12H19NO2. The number of nitrogens with two attached hydrogens (primary N) is 1. The summed E-state index contributed by atoms with van der Waals surface area (Å²) in [6.45, 7) is 4.70. The average molecular weight is 209 g/mol. The summed E-state index contributed by atoms with van der Waals surface area (Å²) in [5, 5.41) is 9.30. The molecule has 84 valence electrons. The van der Waals surface area contributed by atoms with Crippen LogP contribution >= 0.6 is 0 Å². The first-order valence-electron chi connectivity index (χ1n) is 5.25. The van der Waals surface area contributed by atoms with Crippen molar-refractivity contribution in [3.05, 3.63) is 29.8 Å². The van der Waals surface area contributed by atoms with Gasteiger partial charge in [-0.3, -0.25) is 0 Å². The van der Waals surface area contributed by atoms with Gasteiger partial charge in [0.15, 0.2) is 0 Å². The van der Waals surface area contributed by atoms with Crippen molar-refractivity contribution >= 4 is 0 Å². The maximum absolute atomic E-state index is 9.30. The first-order valence-corrected chi connectivity index (χ1v) is 5.25. The smallest absolute Gasteiger partial charge is 0.122 e. The zero-order chi connectivity index (χ0) is 11.3. The second-order valence-electron chi connectivity index (χ2n) is 3.89. The van der Waals surface area contributed by atoms with Gasteiger partial charge in [-0.2, -0.15) is 0 Å². The van der Waals surface area contributed by atoms with Gasteiger partial charge in [-0.25, -0.2) is 0 Å². The maximum Gasteiger partial charge on any atom is 0.122 e. The second-order valence-corrected chi connectivity index (χ2v) is 3.89. The van der Waals surface area contributed by atoms with Crippen LogP contribution in [-0.4, -0.2) is 24.4 Å². The van der Waals surface area contributed by atoms with Crippen LogP contribution in [0.4, 0.5) is 0 Å². The molecule has 0 aromatic heterocycles. The van der Waals surface area contributed by atoms with Crippen molar-refractivity contribution in [2.75, 3.05) is 13.2 Å². The molecule has 0 bridgehead atoms. The van der Waals surface area contributed by atoms with Crippen molar-refractivity contribution in [1.82, 2.24) is 0 Å². The largest absolute Gasteiger partial charge is 0.491 e. The van der Waals surface area contributed by atoms with E-state index < -0.39 is 6.10 Å². The summed E-state index contributed by atoms with van der Waals surface area (Å²) in [5.74, 6) is 1.25.